The van der Waals surface area contributed by atoms with Crippen molar-refractivity contribution in [2.24, 2.45) is 5.92 Å². The SMILES string of the molecule is CCOc1ccccc1CNC(=O)C1CCCN(Cc2ccccc2Cl)C1. The fraction of sp³-hybridized carbons (Fsp3) is 0.409. The van der Waals surface area contributed by atoms with Crippen LogP contribution in [0, 0.1) is 5.92 Å². The Morgan fingerprint density at radius 2 is 1.93 bits per heavy atom. The molecule has 1 amide bonds. The summed E-state index contributed by atoms with van der Waals surface area (Å²) < 4.78 is 5.64. The third-order valence-electron chi connectivity index (χ3n) is 4.95. The number of carbonyl (C=O) groups excluding carboxylic acids is 1. The van der Waals surface area contributed by atoms with Crippen molar-refractivity contribution in [3.63, 3.8) is 0 Å². The molecule has 0 aromatic heterocycles. The number of carbonyl (C=O) groups is 1. The number of hydrogen-bond acceptors (Lipinski definition) is 3. The molecule has 1 heterocycles. The molecular formula is C22H27ClN2O2. The third kappa shape index (κ3) is 5.47. The van der Waals surface area contributed by atoms with Gasteiger partial charge in [0.1, 0.15) is 5.75 Å². The maximum absolute atomic E-state index is 12.7. The van der Waals surface area contributed by atoms with Gasteiger partial charge in [-0.2, -0.15) is 0 Å². The van der Waals surface area contributed by atoms with Gasteiger partial charge in [0.2, 0.25) is 5.91 Å². The number of piperidine rings is 1. The Bertz CT molecular complexity index is 765. The Morgan fingerprint density at radius 3 is 2.70 bits per heavy atom. The standard InChI is InChI=1S/C22H27ClN2O2/c1-2-27-21-12-6-4-8-17(21)14-24-22(26)19-10-7-13-25(16-19)15-18-9-3-5-11-20(18)23/h3-6,8-9,11-12,19H,2,7,10,13-16H2,1H3,(H,24,26). The molecule has 1 aliphatic rings. The van der Waals surface area contributed by atoms with Gasteiger partial charge in [0.15, 0.2) is 0 Å². The number of hydrogen-bond donors (Lipinski definition) is 1. The Labute approximate surface area is 166 Å². The van der Waals surface area contributed by atoms with E-state index in [1.54, 1.807) is 0 Å². The summed E-state index contributed by atoms with van der Waals surface area (Å²) in [7, 11) is 0. The van der Waals surface area contributed by atoms with E-state index in [0.717, 1.165) is 54.4 Å². The van der Waals surface area contributed by atoms with Gasteiger partial charge < -0.3 is 10.1 Å². The van der Waals surface area contributed by atoms with Crippen LogP contribution in [0.5, 0.6) is 5.75 Å². The number of halogens is 1. The molecule has 0 spiro atoms. The molecule has 1 atom stereocenters. The molecule has 1 aliphatic heterocycles. The zero-order valence-corrected chi connectivity index (χ0v) is 16.5. The first-order valence-corrected chi connectivity index (χ1v) is 9.99. The number of nitrogens with zero attached hydrogens (tertiary/aromatic N) is 1. The Hall–Kier alpha value is -2.04. The van der Waals surface area contributed by atoms with Crippen LogP contribution in [0.2, 0.25) is 5.02 Å². The molecule has 5 heteroatoms. The van der Waals surface area contributed by atoms with Crippen molar-refractivity contribution < 1.29 is 9.53 Å². The second-order valence-electron chi connectivity index (χ2n) is 6.92. The Balaban J connectivity index is 1.55. The first-order chi connectivity index (χ1) is 13.2. The maximum Gasteiger partial charge on any atom is 0.224 e. The molecule has 1 saturated heterocycles. The van der Waals surface area contributed by atoms with Crippen molar-refractivity contribution in [2.45, 2.75) is 32.9 Å². The smallest absolute Gasteiger partial charge is 0.224 e. The summed E-state index contributed by atoms with van der Waals surface area (Å²) in [5, 5.41) is 3.88. The minimum Gasteiger partial charge on any atom is -0.494 e. The highest BCUT2D eigenvalue weighted by Gasteiger charge is 2.26. The molecule has 27 heavy (non-hydrogen) atoms. The van der Waals surface area contributed by atoms with Gasteiger partial charge >= 0.3 is 0 Å². The second kappa shape index (κ2) is 9.77. The van der Waals surface area contributed by atoms with Gasteiger partial charge in [-0.1, -0.05) is 48.0 Å². The Morgan fingerprint density at radius 1 is 1.19 bits per heavy atom. The van der Waals surface area contributed by atoms with Gasteiger partial charge in [0.25, 0.3) is 0 Å². The quantitative estimate of drug-likeness (QED) is 0.772. The number of para-hydroxylation sites is 1. The molecule has 0 radical (unpaired) electrons. The molecule has 1 unspecified atom stereocenters. The van der Waals surface area contributed by atoms with Gasteiger partial charge in [-0.25, -0.2) is 0 Å². The van der Waals surface area contributed by atoms with E-state index in [0.29, 0.717) is 13.2 Å². The van der Waals surface area contributed by atoms with E-state index in [9.17, 15) is 4.79 Å². The summed E-state index contributed by atoms with van der Waals surface area (Å²) in [6.07, 6.45) is 1.95. The lowest BCUT2D eigenvalue weighted by atomic mass is 9.96. The van der Waals surface area contributed by atoms with Crippen molar-refractivity contribution in [1.29, 1.82) is 0 Å². The number of nitrogens with one attached hydrogen (secondary N) is 1. The molecule has 2 aromatic rings. The number of amides is 1. The van der Waals surface area contributed by atoms with Gasteiger partial charge in [-0.15, -0.1) is 0 Å². The van der Waals surface area contributed by atoms with Crippen LogP contribution in [0.3, 0.4) is 0 Å². The van der Waals surface area contributed by atoms with Crippen LogP contribution in [0.4, 0.5) is 0 Å². The van der Waals surface area contributed by atoms with Gasteiger partial charge in [0, 0.05) is 30.2 Å². The largest absolute Gasteiger partial charge is 0.494 e. The summed E-state index contributed by atoms with van der Waals surface area (Å²) in [4.78, 5) is 15.0. The molecule has 0 saturated carbocycles. The molecule has 0 aliphatic carbocycles. The molecule has 3 rings (SSSR count). The monoisotopic (exact) mass is 386 g/mol. The fourth-order valence-electron chi connectivity index (χ4n) is 3.55. The summed E-state index contributed by atoms with van der Waals surface area (Å²) in [6, 6.07) is 15.8. The number of benzene rings is 2. The minimum absolute atomic E-state index is 0.0143. The average Bonchev–Trinajstić information content (AvgIpc) is 2.69. The molecule has 0 bridgehead atoms. The molecule has 1 fully saturated rings. The molecular weight excluding hydrogens is 360 g/mol. The fourth-order valence-corrected chi connectivity index (χ4v) is 3.75. The van der Waals surface area contributed by atoms with Crippen molar-refractivity contribution in [2.75, 3.05) is 19.7 Å². The first-order valence-electron chi connectivity index (χ1n) is 9.61. The van der Waals surface area contributed by atoms with Crippen molar-refractivity contribution in [3.05, 3.63) is 64.7 Å². The van der Waals surface area contributed by atoms with E-state index < -0.39 is 0 Å². The normalized spacial score (nSPS) is 17.5. The van der Waals surface area contributed by atoms with E-state index in [4.69, 9.17) is 16.3 Å². The van der Waals surface area contributed by atoms with E-state index >= 15 is 0 Å². The highest BCUT2D eigenvalue weighted by Crippen LogP contribution is 2.23. The minimum atomic E-state index is 0.0143. The van der Waals surface area contributed by atoms with Crippen LogP contribution < -0.4 is 10.1 Å². The zero-order valence-electron chi connectivity index (χ0n) is 15.8. The predicted octanol–water partition coefficient (Wildman–Crippen LogP) is 4.27. The third-order valence-corrected chi connectivity index (χ3v) is 5.32. The summed E-state index contributed by atoms with van der Waals surface area (Å²) in [5.74, 6) is 0.968. The number of likely N-dealkylation sites (tertiary alicyclic amines) is 1. The summed E-state index contributed by atoms with van der Waals surface area (Å²) in [6.45, 7) is 5.63. The molecule has 1 N–H and O–H groups in total. The van der Waals surface area contributed by atoms with Crippen LogP contribution in [0.15, 0.2) is 48.5 Å². The van der Waals surface area contributed by atoms with Crippen LogP contribution in [-0.4, -0.2) is 30.5 Å². The molecule has 144 valence electrons. The van der Waals surface area contributed by atoms with Crippen LogP contribution in [0.1, 0.15) is 30.9 Å². The molecule has 2 aromatic carbocycles. The summed E-state index contributed by atoms with van der Waals surface area (Å²) >= 11 is 6.28. The van der Waals surface area contributed by atoms with Gasteiger partial charge in [-0.3, -0.25) is 9.69 Å². The second-order valence-corrected chi connectivity index (χ2v) is 7.33. The van der Waals surface area contributed by atoms with E-state index in [1.807, 2.05) is 49.4 Å². The summed E-state index contributed by atoms with van der Waals surface area (Å²) in [5.41, 5.74) is 2.13. The van der Waals surface area contributed by atoms with Crippen molar-refractivity contribution >= 4 is 17.5 Å². The van der Waals surface area contributed by atoms with E-state index in [2.05, 4.69) is 16.3 Å². The zero-order chi connectivity index (χ0) is 19.1. The lowest BCUT2D eigenvalue weighted by molar-refractivity contribution is -0.126. The number of rotatable bonds is 7. The van der Waals surface area contributed by atoms with Gasteiger partial charge in [-0.05, 0) is 44.0 Å². The van der Waals surface area contributed by atoms with Gasteiger partial charge in [0.05, 0.1) is 12.5 Å². The highest BCUT2D eigenvalue weighted by atomic mass is 35.5. The molecule has 4 nitrogen and oxygen atoms in total. The number of ether oxygens (including phenoxy) is 1. The first kappa shape index (κ1) is 19.7. The average molecular weight is 387 g/mol. The van der Waals surface area contributed by atoms with E-state index in [1.165, 1.54) is 0 Å². The predicted molar refractivity (Wildman–Crippen MR) is 109 cm³/mol. The van der Waals surface area contributed by atoms with Crippen molar-refractivity contribution in [3.8, 4) is 5.75 Å². The highest BCUT2D eigenvalue weighted by molar-refractivity contribution is 6.31. The topological polar surface area (TPSA) is 41.6 Å². The van der Waals surface area contributed by atoms with Crippen LogP contribution in [0.25, 0.3) is 0 Å². The lowest BCUT2D eigenvalue weighted by Crippen LogP contribution is -2.42. The van der Waals surface area contributed by atoms with E-state index in [-0.39, 0.29) is 11.8 Å². The van der Waals surface area contributed by atoms with Crippen molar-refractivity contribution in [1.82, 2.24) is 10.2 Å². The lowest BCUT2D eigenvalue weighted by Gasteiger charge is -2.32. The van der Waals surface area contributed by atoms with Crippen LogP contribution in [-0.2, 0) is 17.9 Å². The Kier molecular flexibility index (Phi) is 7.13. The maximum atomic E-state index is 12.7. The van der Waals surface area contributed by atoms with Crippen LogP contribution >= 0.6 is 11.6 Å².